The lowest BCUT2D eigenvalue weighted by Gasteiger charge is -2.10. The van der Waals surface area contributed by atoms with Crippen LogP contribution in [0.25, 0.3) is 0 Å². The van der Waals surface area contributed by atoms with Gasteiger partial charge in [-0.1, -0.05) is 0 Å². The quantitative estimate of drug-likeness (QED) is 0.748. The number of imidazole rings is 1. The summed E-state index contributed by atoms with van der Waals surface area (Å²) in [5, 5.41) is 3.04. The van der Waals surface area contributed by atoms with Crippen molar-refractivity contribution in [1.29, 1.82) is 0 Å². The lowest BCUT2D eigenvalue weighted by molar-refractivity contribution is -0.136. The van der Waals surface area contributed by atoms with E-state index >= 15 is 0 Å². The van der Waals surface area contributed by atoms with Gasteiger partial charge < -0.3 is 14.6 Å². The van der Waals surface area contributed by atoms with Crippen LogP contribution in [0.15, 0.2) is 12.4 Å². The second kappa shape index (κ2) is 6.61. The highest BCUT2D eigenvalue weighted by molar-refractivity contribution is 4.92. The highest BCUT2D eigenvalue weighted by Gasteiger charge is 2.26. The molecule has 98 valence electrons. The molecule has 0 bridgehead atoms. The first-order valence-corrected chi connectivity index (χ1v) is 5.29. The zero-order chi connectivity index (χ0) is 12.7. The Balaban J connectivity index is 2.37. The van der Waals surface area contributed by atoms with E-state index in [4.69, 9.17) is 4.74 Å². The molecule has 0 amide bonds. The lowest BCUT2D eigenvalue weighted by Crippen LogP contribution is -2.22. The van der Waals surface area contributed by atoms with E-state index < -0.39 is 12.6 Å². The molecule has 0 fully saturated rings. The molecule has 1 aromatic heterocycles. The van der Waals surface area contributed by atoms with Crippen LogP contribution in [0.5, 0.6) is 0 Å². The molecule has 1 heterocycles. The molecule has 1 N–H and O–H groups in total. The maximum Gasteiger partial charge on any atom is 0.390 e. The molecule has 0 saturated heterocycles. The van der Waals surface area contributed by atoms with Gasteiger partial charge in [-0.3, -0.25) is 0 Å². The van der Waals surface area contributed by atoms with Gasteiger partial charge in [-0.15, -0.1) is 0 Å². The molecule has 1 aromatic rings. The summed E-state index contributed by atoms with van der Waals surface area (Å²) in [6.07, 6.45) is -1.91. The number of halogens is 3. The summed E-state index contributed by atoms with van der Waals surface area (Å²) in [6, 6.07) is 0. The molecular weight excluding hydrogens is 235 g/mol. The Hall–Kier alpha value is -1.08. The predicted octanol–water partition coefficient (Wildman–Crippen LogP) is 1.57. The van der Waals surface area contributed by atoms with Crippen molar-refractivity contribution >= 4 is 0 Å². The smallest absolute Gasteiger partial charge is 0.383 e. The number of ether oxygens (including phenoxy) is 1. The number of nitrogens with zero attached hydrogens (tertiary/aromatic N) is 2. The van der Waals surface area contributed by atoms with E-state index in [-0.39, 0.29) is 6.54 Å². The number of aryl methyl sites for hydroxylation is 1. The van der Waals surface area contributed by atoms with E-state index in [0.717, 1.165) is 0 Å². The van der Waals surface area contributed by atoms with Crippen LogP contribution in [0.3, 0.4) is 0 Å². The van der Waals surface area contributed by atoms with Gasteiger partial charge in [0.2, 0.25) is 0 Å². The summed E-state index contributed by atoms with van der Waals surface area (Å²) in [7, 11) is 1.59. The molecule has 0 aliphatic carbocycles. The molecule has 0 aromatic carbocycles. The number of rotatable bonds is 7. The molecule has 0 spiro atoms. The van der Waals surface area contributed by atoms with Gasteiger partial charge in [0.15, 0.2) is 0 Å². The van der Waals surface area contributed by atoms with E-state index in [1.54, 1.807) is 13.3 Å². The first-order valence-electron chi connectivity index (χ1n) is 5.29. The van der Waals surface area contributed by atoms with E-state index in [2.05, 4.69) is 10.3 Å². The molecule has 0 saturated carbocycles. The van der Waals surface area contributed by atoms with Crippen LogP contribution in [0, 0.1) is 0 Å². The van der Waals surface area contributed by atoms with Crippen molar-refractivity contribution in [2.45, 2.75) is 25.7 Å². The minimum Gasteiger partial charge on any atom is -0.383 e. The van der Waals surface area contributed by atoms with Crippen LogP contribution in [-0.4, -0.2) is 36.0 Å². The van der Waals surface area contributed by atoms with Crippen LogP contribution < -0.4 is 5.32 Å². The van der Waals surface area contributed by atoms with Crippen molar-refractivity contribution < 1.29 is 17.9 Å². The average Bonchev–Trinajstić information content (AvgIpc) is 2.68. The third kappa shape index (κ3) is 5.69. The van der Waals surface area contributed by atoms with Crippen LogP contribution in [0.4, 0.5) is 13.2 Å². The molecule has 17 heavy (non-hydrogen) atoms. The molecule has 1 rings (SSSR count). The number of nitrogens with one attached hydrogen (secondary N) is 1. The number of aromatic nitrogens is 2. The van der Waals surface area contributed by atoms with Crippen molar-refractivity contribution in [3.05, 3.63) is 18.2 Å². The highest BCUT2D eigenvalue weighted by Crippen LogP contribution is 2.20. The van der Waals surface area contributed by atoms with Crippen LogP contribution in [-0.2, 0) is 17.8 Å². The van der Waals surface area contributed by atoms with E-state index in [0.29, 0.717) is 25.5 Å². The molecule has 0 aliphatic rings. The van der Waals surface area contributed by atoms with E-state index in [1.807, 2.05) is 0 Å². The van der Waals surface area contributed by atoms with Gasteiger partial charge >= 0.3 is 6.18 Å². The van der Waals surface area contributed by atoms with Gasteiger partial charge in [0.25, 0.3) is 0 Å². The number of methoxy groups -OCH3 is 1. The molecule has 0 atom stereocenters. The van der Waals surface area contributed by atoms with Crippen molar-refractivity contribution in [3.8, 4) is 0 Å². The summed E-state index contributed by atoms with van der Waals surface area (Å²) in [4.78, 5) is 4.01. The van der Waals surface area contributed by atoms with Crippen molar-refractivity contribution in [3.63, 3.8) is 0 Å². The number of alkyl halides is 3. The highest BCUT2D eigenvalue weighted by atomic mass is 19.4. The lowest BCUT2D eigenvalue weighted by atomic mass is 10.4. The molecular formula is C10H16F3N3O. The third-order valence-corrected chi connectivity index (χ3v) is 2.20. The van der Waals surface area contributed by atoms with Gasteiger partial charge in [0, 0.05) is 32.6 Å². The van der Waals surface area contributed by atoms with E-state index in [9.17, 15) is 13.2 Å². The Labute approximate surface area is 97.8 Å². The second-order valence-corrected chi connectivity index (χ2v) is 3.57. The number of hydrogen-bond donors (Lipinski definition) is 1. The molecule has 4 nitrogen and oxygen atoms in total. The topological polar surface area (TPSA) is 39.1 Å². The van der Waals surface area contributed by atoms with Gasteiger partial charge in [-0.05, 0) is 0 Å². The first kappa shape index (κ1) is 14.0. The predicted molar refractivity (Wildman–Crippen MR) is 56.5 cm³/mol. The van der Waals surface area contributed by atoms with Crippen molar-refractivity contribution in [1.82, 2.24) is 14.9 Å². The zero-order valence-electron chi connectivity index (χ0n) is 9.63. The first-order chi connectivity index (χ1) is 8.03. The summed E-state index contributed by atoms with van der Waals surface area (Å²) in [6.45, 7) is 1.55. The summed E-state index contributed by atoms with van der Waals surface area (Å²) < 4.78 is 42.5. The fraction of sp³-hybridized carbons (Fsp3) is 0.700. The van der Waals surface area contributed by atoms with Crippen LogP contribution >= 0.6 is 0 Å². The summed E-state index contributed by atoms with van der Waals surface area (Å²) in [5.41, 5.74) is 0. The van der Waals surface area contributed by atoms with Crippen molar-refractivity contribution in [2.75, 3.05) is 20.3 Å². The van der Waals surface area contributed by atoms with Crippen LogP contribution in [0.2, 0.25) is 0 Å². The molecule has 0 aliphatic heterocycles. The average molecular weight is 251 g/mol. The largest absolute Gasteiger partial charge is 0.390 e. The van der Waals surface area contributed by atoms with Gasteiger partial charge in [0.1, 0.15) is 5.82 Å². The Bertz CT molecular complexity index is 325. The van der Waals surface area contributed by atoms with E-state index in [1.165, 1.54) is 10.8 Å². The maximum absolute atomic E-state index is 12.1. The normalized spacial score (nSPS) is 12.0. The second-order valence-electron chi connectivity index (χ2n) is 3.57. The SMILES string of the molecule is COCCNCc1nccn1CCC(F)(F)F. The third-order valence-electron chi connectivity index (χ3n) is 2.20. The Morgan fingerprint density at radius 3 is 2.88 bits per heavy atom. The Morgan fingerprint density at radius 1 is 1.47 bits per heavy atom. The van der Waals surface area contributed by atoms with Crippen LogP contribution in [0.1, 0.15) is 12.2 Å². The molecule has 0 unspecified atom stereocenters. The molecule has 7 heteroatoms. The summed E-state index contributed by atoms with van der Waals surface area (Å²) in [5.74, 6) is 0.602. The van der Waals surface area contributed by atoms with Gasteiger partial charge in [-0.25, -0.2) is 4.98 Å². The summed E-state index contributed by atoms with van der Waals surface area (Å²) >= 11 is 0. The van der Waals surface area contributed by atoms with Gasteiger partial charge in [-0.2, -0.15) is 13.2 Å². The van der Waals surface area contributed by atoms with Crippen molar-refractivity contribution in [2.24, 2.45) is 0 Å². The Kier molecular flexibility index (Phi) is 5.43. The Morgan fingerprint density at radius 2 is 2.24 bits per heavy atom. The monoisotopic (exact) mass is 251 g/mol. The minimum atomic E-state index is -4.13. The fourth-order valence-corrected chi connectivity index (χ4v) is 1.33. The zero-order valence-corrected chi connectivity index (χ0v) is 9.63. The minimum absolute atomic E-state index is 0.0925. The standard InChI is InChI=1S/C10H16F3N3O/c1-17-7-4-14-8-9-15-3-6-16(9)5-2-10(11,12)13/h3,6,14H,2,4-5,7-8H2,1H3. The fourth-order valence-electron chi connectivity index (χ4n) is 1.33. The molecule has 0 radical (unpaired) electrons. The maximum atomic E-state index is 12.1. The van der Waals surface area contributed by atoms with Gasteiger partial charge in [0.05, 0.1) is 19.6 Å². The number of hydrogen-bond acceptors (Lipinski definition) is 3.